The predicted octanol–water partition coefficient (Wildman–Crippen LogP) is 1.83. The molecule has 3 heteroatoms. The van der Waals surface area contributed by atoms with Crippen molar-refractivity contribution in [2.75, 3.05) is 6.54 Å². The molecule has 0 radical (unpaired) electrons. The first-order chi connectivity index (χ1) is 7.25. The van der Waals surface area contributed by atoms with Gasteiger partial charge in [-0.2, -0.15) is 0 Å². The summed E-state index contributed by atoms with van der Waals surface area (Å²) in [5, 5.41) is 14.1. The molecular weight excluding hydrogens is 188 g/mol. The van der Waals surface area contributed by atoms with Crippen LogP contribution in [0.3, 0.4) is 0 Å². The minimum absolute atomic E-state index is 0.354. The fraction of sp³-hybridized carbons (Fsp3) is 0.333. The molecule has 1 aliphatic rings. The summed E-state index contributed by atoms with van der Waals surface area (Å²) in [6, 6.07) is 3.66. The first-order valence-corrected chi connectivity index (χ1v) is 5.29. The van der Waals surface area contributed by atoms with Crippen molar-refractivity contribution in [3.8, 4) is 5.75 Å². The van der Waals surface area contributed by atoms with E-state index < -0.39 is 0 Å². The Morgan fingerprint density at radius 1 is 1.33 bits per heavy atom. The number of aromatic nitrogens is 1. The highest BCUT2D eigenvalue weighted by Crippen LogP contribution is 2.30. The molecule has 2 heterocycles. The van der Waals surface area contributed by atoms with Crippen molar-refractivity contribution in [3.63, 3.8) is 0 Å². The first-order valence-electron chi connectivity index (χ1n) is 5.29. The summed E-state index contributed by atoms with van der Waals surface area (Å²) in [6.07, 6.45) is 1.05. The van der Waals surface area contributed by atoms with Crippen LogP contribution in [-0.4, -0.2) is 16.6 Å². The molecule has 0 saturated heterocycles. The summed E-state index contributed by atoms with van der Waals surface area (Å²) in [7, 11) is 0. The van der Waals surface area contributed by atoms with Gasteiger partial charge in [-0.25, -0.2) is 0 Å². The molecule has 1 aromatic heterocycles. The summed E-state index contributed by atoms with van der Waals surface area (Å²) in [5.74, 6) is 0.354. The minimum atomic E-state index is 0.354. The molecule has 0 atom stereocenters. The number of fused-ring (bicyclic) bond motifs is 3. The number of aromatic amines is 1. The number of rotatable bonds is 0. The van der Waals surface area contributed by atoms with Gasteiger partial charge in [0.1, 0.15) is 5.75 Å². The monoisotopic (exact) mass is 202 g/mol. The normalized spacial score (nSPS) is 15.5. The van der Waals surface area contributed by atoms with Gasteiger partial charge in [0.2, 0.25) is 0 Å². The zero-order valence-corrected chi connectivity index (χ0v) is 8.72. The summed E-state index contributed by atoms with van der Waals surface area (Å²) in [5.41, 5.74) is 4.91. The highest BCUT2D eigenvalue weighted by molar-refractivity contribution is 5.88. The van der Waals surface area contributed by atoms with Crippen molar-refractivity contribution >= 4 is 10.9 Å². The lowest BCUT2D eigenvalue weighted by Gasteiger charge is -2.12. The van der Waals surface area contributed by atoms with Crippen LogP contribution in [0.4, 0.5) is 0 Å². The quantitative estimate of drug-likeness (QED) is 0.610. The third-order valence-electron chi connectivity index (χ3n) is 3.14. The van der Waals surface area contributed by atoms with Crippen molar-refractivity contribution < 1.29 is 5.11 Å². The fourth-order valence-electron chi connectivity index (χ4n) is 2.40. The molecule has 1 aliphatic heterocycles. The number of phenols is 1. The Morgan fingerprint density at radius 3 is 3.07 bits per heavy atom. The van der Waals surface area contributed by atoms with Crippen LogP contribution in [0.25, 0.3) is 10.9 Å². The van der Waals surface area contributed by atoms with Crippen molar-refractivity contribution in [1.29, 1.82) is 0 Å². The second kappa shape index (κ2) is 3.00. The van der Waals surface area contributed by atoms with Gasteiger partial charge < -0.3 is 15.4 Å². The van der Waals surface area contributed by atoms with E-state index in [9.17, 15) is 5.11 Å². The molecule has 3 nitrogen and oxygen atoms in total. The Morgan fingerprint density at radius 2 is 2.20 bits per heavy atom. The second-order valence-electron chi connectivity index (χ2n) is 4.19. The topological polar surface area (TPSA) is 48.0 Å². The lowest BCUT2D eigenvalue weighted by atomic mass is 10.0. The number of benzene rings is 1. The number of aromatic hydroxyl groups is 1. The van der Waals surface area contributed by atoms with Crippen molar-refractivity contribution in [3.05, 3.63) is 29.0 Å². The first kappa shape index (κ1) is 8.80. The predicted molar refractivity (Wildman–Crippen MR) is 60.1 cm³/mol. The largest absolute Gasteiger partial charge is 0.508 e. The third kappa shape index (κ3) is 1.23. The molecule has 0 bridgehead atoms. The highest BCUT2D eigenvalue weighted by Gasteiger charge is 2.16. The van der Waals surface area contributed by atoms with E-state index in [2.05, 4.69) is 10.3 Å². The number of hydrogen-bond acceptors (Lipinski definition) is 2. The second-order valence-corrected chi connectivity index (χ2v) is 4.19. The molecule has 15 heavy (non-hydrogen) atoms. The molecule has 0 amide bonds. The van der Waals surface area contributed by atoms with Crippen LogP contribution in [0.1, 0.15) is 16.8 Å². The molecule has 2 aromatic rings. The van der Waals surface area contributed by atoms with Crippen molar-refractivity contribution in [1.82, 2.24) is 10.3 Å². The molecule has 0 fully saturated rings. The standard InChI is InChI=1S/C12H14N2O/c1-7-4-8(15)5-9-10-6-13-3-2-11(10)14-12(7)9/h4-5,13-15H,2-3,6H2,1H3. The number of aryl methyl sites for hydroxylation is 1. The van der Waals surface area contributed by atoms with E-state index in [-0.39, 0.29) is 0 Å². The minimum Gasteiger partial charge on any atom is -0.508 e. The van der Waals surface area contributed by atoms with Crippen molar-refractivity contribution in [2.45, 2.75) is 19.9 Å². The van der Waals surface area contributed by atoms with Crippen molar-refractivity contribution in [2.24, 2.45) is 0 Å². The lowest BCUT2D eigenvalue weighted by molar-refractivity contribution is 0.475. The summed E-state index contributed by atoms with van der Waals surface area (Å²) >= 11 is 0. The summed E-state index contributed by atoms with van der Waals surface area (Å²) in [4.78, 5) is 3.46. The Hall–Kier alpha value is -1.48. The number of H-pyrrole nitrogens is 1. The highest BCUT2D eigenvalue weighted by atomic mass is 16.3. The van der Waals surface area contributed by atoms with Gasteiger partial charge in [0.05, 0.1) is 0 Å². The molecular formula is C12H14N2O. The average Bonchev–Trinajstić information content (AvgIpc) is 2.57. The molecule has 0 unspecified atom stereocenters. The van der Waals surface area contributed by atoms with Gasteiger partial charge >= 0.3 is 0 Å². The van der Waals surface area contributed by atoms with Crippen LogP contribution in [0.15, 0.2) is 12.1 Å². The molecule has 0 saturated carbocycles. The molecule has 0 aliphatic carbocycles. The zero-order valence-electron chi connectivity index (χ0n) is 8.72. The van der Waals surface area contributed by atoms with Gasteiger partial charge in [0.15, 0.2) is 0 Å². The Kier molecular flexibility index (Phi) is 1.76. The van der Waals surface area contributed by atoms with Crippen LogP contribution in [0, 0.1) is 6.92 Å². The van der Waals surface area contributed by atoms with E-state index in [0.717, 1.165) is 30.5 Å². The van der Waals surface area contributed by atoms with Crippen LogP contribution in [-0.2, 0) is 13.0 Å². The third-order valence-corrected chi connectivity index (χ3v) is 3.14. The van der Waals surface area contributed by atoms with E-state index in [1.54, 1.807) is 6.07 Å². The fourth-order valence-corrected chi connectivity index (χ4v) is 2.40. The van der Waals surface area contributed by atoms with E-state index in [1.165, 1.54) is 16.8 Å². The molecule has 1 aromatic carbocycles. The van der Waals surface area contributed by atoms with Gasteiger partial charge in [-0.1, -0.05) is 0 Å². The van der Waals surface area contributed by atoms with Crippen LogP contribution < -0.4 is 5.32 Å². The van der Waals surface area contributed by atoms with Gasteiger partial charge in [0.25, 0.3) is 0 Å². The van der Waals surface area contributed by atoms with Gasteiger partial charge in [-0.05, 0) is 30.2 Å². The molecule has 0 spiro atoms. The lowest BCUT2D eigenvalue weighted by Crippen LogP contribution is -2.22. The van der Waals surface area contributed by atoms with E-state index in [4.69, 9.17) is 0 Å². The van der Waals surface area contributed by atoms with E-state index in [1.807, 2.05) is 13.0 Å². The Bertz CT molecular complexity index is 528. The maximum Gasteiger partial charge on any atom is 0.116 e. The summed E-state index contributed by atoms with van der Waals surface area (Å²) < 4.78 is 0. The molecule has 78 valence electrons. The average molecular weight is 202 g/mol. The summed E-state index contributed by atoms with van der Waals surface area (Å²) in [6.45, 7) is 3.96. The van der Waals surface area contributed by atoms with Crippen LogP contribution in [0.5, 0.6) is 5.75 Å². The SMILES string of the molecule is Cc1cc(O)cc2c3c([nH]c12)CCNC3. The number of phenolic OH excluding ortho intramolecular Hbond substituents is 1. The van der Waals surface area contributed by atoms with Gasteiger partial charge in [-0.15, -0.1) is 0 Å². The van der Waals surface area contributed by atoms with Crippen LogP contribution in [0.2, 0.25) is 0 Å². The molecule has 3 rings (SSSR count). The van der Waals surface area contributed by atoms with Crippen LogP contribution >= 0.6 is 0 Å². The maximum atomic E-state index is 9.60. The zero-order chi connectivity index (χ0) is 10.4. The number of nitrogens with one attached hydrogen (secondary N) is 2. The molecule has 3 N–H and O–H groups in total. The van der Waals surface area contributed by atoms with E-state index in [0.29, 0.717) is 5.75 Å². The smallest absolute Gasteiger partial charge is 0.116 e. The Balaban J connectivity index is 2.37. The number of hydrogen-bond donors (Lipinski definition) is 3. The van der Waals surface area contributed by atoms with Gasteiger partial charge in [0, 0.05) is 36.1 Å². The van der Waals surface area contributed by atoms with Gasteiger partial charge in [-0.3, -0.25) is 0 Å². The Labute approximate surface area is 88.1 Å². The van der Waals surface area contributed by atoms with E-state index >= 15 is 0 Å². The maximum absolute atomic E-state index is 9.60.